The van der Waals surface area contributed by atoms with E-state index >= 15 is 0 Å². The van der Waals surface area contributed by atoms with Gasteiger partial charge in [0, 0.05) is 50.1 Å². The summed E-state index contributed by atoms with van der Waals surface area (Å²) in [5.74, 6) is 0. The molecule has 2 heterocycles. The lowest BCUT2D eigenvalue weighted by molar-refractivity contribution is 0.181. The van der Waals surface area contributed by atoms with E-state index in [1.807, 2.05) is 31.2 Å². The largest absolute Gasteiger partial charge is 0.304 e. The van der Waals surface area contributed by atoms with Crippen LogP contribution in [0.1, 0.15) is 18.1 Å². The highest BCUT2D eigenvalue weighted by Crippen LogP contribution is 2.45. The molecule has 0 bridgehead atoms. The fourth-order valence-electron chi connectivity index (χ4n) is 3.44. The van der Waals surface area contributed by atoms with Crippen molar-refractivity contribution < 1.29 is 8.42 Å². The third-order valence-corrected chi connectivity index (χ3v) is 8.40. The summed E-state index contributed by atoms with van der Waals surface area (Å²) in [6.07, 6.45) is 2.05. The maximum absolute atomic E-state index is 12.4. The van der Waals surface area contributed by atoms with Gasteiger partial charge in [0.15, 0.2) is 0 Å². The Balaban J connectivity index is 0.000000269. The van der Waals surface area contributed by atoms with Crippen molar-refractivity contribution in [1.82, 2.24) is 14.1 Å². The van der Waals surface area contributed by atoms with Gasteiger partial charge in [0.05, 0.1) is 4.90 Å². The molecule has 0 aromatic heterocycles. The molecule has 30 heavy (non-hydrogen) atoms. The lowest BCUT2D eigenvalue weighted by atomic mass is 9.97. The monoisotopic (exact) mass is 445 g/mol. The first-order valence-corrected chi connectivity index (χ1v) is 12.4. The third-order valence-electron chi connectivity index (χ3n) is 5.43. The van der Waals surface area contributed by atoms with E-state index in [9.17, 15) is 8.42 Å². The van der Waals surface area contributed by atoms with Crippen LogP contribution in [0.5, 0.6) is 0 Å². The summed E-state index contributed by atoms with van der Waals surface area (Å²) in [5, 5.41) is 0. The molecule has 2 aliphatic heterocycles. The number of piperazine rings is 1. The van der Waals surface area contributed by atoms with Crippen LogP contribution in [0, 0.1) is 0 Å². The van der Waals surface area contributed by atoms with Gasteiger partial charge in [-0.1, -0.05) is 36.0 Å². The van der Waals surface area contributed by atoms with Crippen LogP contribution in [0.3, 0.4) is 0 Å². The Hall–Kier alpha value is -1.64. The van der Waals surface area contributed by atoms with Crippen molar-refractivity contribution in [3.8, 4) is 0 Å². The predicted molar refractivity (Wildman–Crippen MR) is 126 cm³/mol. The quantitative estimate of drug-likeness (QED) is 0.602. The van der Waals surface area contributed by atoms with Gasteiger partial charge in [-0.3, -0.25) is 0 Å². The molecule has 0 N–H and O–H groups in total. The first kappa shape index (κ1) is 23.0. The lowest BCUT2D eigenvalue weighted by Gasteiger charge is -2.28. The summed E-state index contributed by atoms with van der Waals surface area (Å²) < 4.78 is 26.0. The van der Waals surface area contributed by atoms with Crippen molar-refractivity contribution in [3.63, 3.8) is 0 Å². The zero-order valence-corrected chi connectivity index (χ0v) is 20.1. The average molecular weight is 446 g/mol. The number of allylic oxidation sites excluding steroid dienone is 1. The van der Waals surface area contributed by atoms with Crippen LogP contribution in [0.2, 0.25) is 0 Å². The maximum atomic E-state index is 12.4. The summed E-state index contributed by atoms with van der Waals surface area (Å²) in [6.45, 7) is 6.92. The Bertz CT molecular complexity index is 1010. The molecule has 0 unspecified atom stereocenters. The number of nitrogens with zero attached hydrogens (tertiary/aromatic N) is 3. The molecule has 2 aromatic rings. The summed E-state index contributed by atoms with van der Waals surface area (Å²) in [7, 11) is 4.03. The van der Waals surface area contributed by atoms with E-state index < -0.39 is 10.0 Å². The normalized spacial score (nSPS) is 18.5. The van der Waals surface area contributed by atoms with Gasteiger partial charge >= 0.3 is 0 Å². The Morgan fingerprint density at radius 3 is 2.03 bits per heavy atom. The second-order valence-electron chi connectivity index (χ2n) is 7.85. The summed E-state index contributed by atoms with van der Waals surface area (Å²) >= 11 is 1.68. The zero-order valence-electron chi connectivity index (χ0n) is 18.4. The topological polar surface area (TPSA) is 43.9 Å². The van der Waals surface area contributed by atoms with E-state index in [0.717, 1.165) is 21.6 Å². The number of rotatable bonds is 2. The number of fused-ring (bicyclic) bond motifs is 2. The van der Waals surface area contributed by atoms with Crippen molar-refractivity contribution >= 4 is 27.4 Å². The molecule has 162 valence electrons. The van der Waals surface area contributed by atoms with E-state index in [1.54, 1.807) is 38.0 Å². The molecular formula is C23H31N3O2S2. The average Bonchev–Trinajstić information content (AvgIpc) is 2.74. The Labute approximate surface area is 185 Å². The van der Waals surface area contributed by atoms with Crippen LogP contribution in [-0.2, 0) is 10.0 Å². The van der Waals surface area contributed by atoms with Crippen LogP contribution < -0.4 is 0 Å². The standard InChI is InChI=1S/C17H17NO2S2.C6H14N2/c1-4-13-14-7-5-6-8-16(14)21-17-10-9-12(11-15(13)17)22(19,20)18(2)3;1-7-3-5-8(2)6-4-7/h4-11H,1-3H3;3-6H2,1-2H3/b13-4+;. The van der Waals surface area contributed by atoms with Crippen LogP contribution >= 0.6 is 11.8 Å². The predicted octanol–water partition coefficient (Wildman–Crippen LogP) is 3.72. The Morgan fingerprint density at radius 1 is 0.900 bits per heavy atom. The van der Waals surface area contributed by atoms with Gasteiger partial charge in [-0.2, -0.15) is 0 Å². The van der Waals surface area contributed by atoms with Crippen molar-refractivity contribution in [1.29, 1.82) is 0 Å². The van der Waals surface area contributed by atoms with Gasteiger partial charge in [-0.15, -0.1) is 0 Å². The molecule has 0 atom stereocenters. The third kappa shape index (κ3) is 4.98. The highest BCUT2D eigenvalue weighted by molar-refractivity contribution is 7.99. The molecule has 1 fully saturated rings. The number of hydrogen-bond donors (Lipinski definition) is 0. The van der Waals surface area contributed by atoms with E-state index in [0.29, 0.717) is 4.90 Å². The SMILES string of the molecule is C/C=C1\c2ccccc2Sc2ccc(S(=O)(=O)N(C)C)cc21.CN1CCN(C)CC1. The van der Waals surface area contributed by atoms with Gasteiger partial charge in [0.2, 0.25) is 10.0 Å². The molecule has 5 nitrogen and oxygen atoms in total. The van der Waals surface area contributed by atoms with Crippen molar-refractivity contribution in [2.45, 2.75) is 21.6 Å². The number of sulfonamides is 1. The molecule has 2 aliphatic rings. The van der Waals surface area contributed by atoms with Gasteiger partial charge in [-0.05, 0) is 62.0 Å². The maximum Gasteiger partial charge on any atom is 0.242 e. The Morgan fingerprint density at radius 2 is 1.47 bits per heavy atom. The van der Waals surface area contributed by atoms with E-state index in [-0.39, 0.29) is 0 Å². The number of likely N-dealkylation sites (N-methyl/N-ethyl adjacent to an activating group) is 2. The summed E-state index contributed by atoms with van der Waals surface area (Å²) in [4.78, 5) is 7.34. The minimum atomic E-state index is -3.42. The van der Waals surface area contributed by atoms with Crippen LogP contribution in [-0.4, -0.2) is 76.9 Å². The molecule has 0 spiro atoms. The molecule has 0 radical (unpaired) electrons. The highest BCUT2D eigenvalue weighted by atomic mass is 32.2. The smallest absolute Gasteiger partial charge is 0.242 e. The lowest BCUT2D eigenvalue weighted by Crippen LogP contribution is -2.42. The fourth-order valence-corrected chi connectivity index (χ4v) is 5.45. The van der Waals surface area contributed by atoms with E-state index in [4.69, 9.17) is 0 Å². The fraction of sp³-hybridized carbons (Fsp3) is 0.391. The van der Waals surface area contributed by atoms with Crippen molar-refractivity contribution in [2.75, 3.05) is 54.4 Å². The minimum Gasteiger partial charge on any atom is -0.304 e. The van der Waals surface area contributed by atoms with Crippen LogP contribution in [0.25, 0.3) is 5.57 Å². The molecule has 4 rings (SSSR count). The van der Waals surface area contributed by atoms with Gasteiger partial charge in [0.1, 0.15) is 0 Å². The number of hydrogen-bond acceptors (Lipinski definition) is 5. The first-order chi connectivity index (χ1) is 14.2. The van der Waals surface area contributed by atoms with Gasteiger partial charge < -0.3 is 9.80 Å². The zero-order chi connectivity index (χ0) is 21.9. The van der Waals surface area contributed by atoms with Crippen molar-refractivity contribution in [2.24, 2.45) is 0 Å². The molecule has 2 aromatic carbocycles. The van der Waals surface area contributed by atoms with Gasteiger partial charge in [-0.25, -0.2) is 12.7 Å². The molecule has 0 amide bonds. The van der Waals surface area contributed by atoms with Gasteiger partial charge in [0.25, 0.3) is 0 Å². The molecular weight excluding hydrogens is 414 g/mol. The molecule has 7 heteroatoms. The second-order valence-corrected chi connectivity index (χ2v) is 11.1. The first-order valence-electron chi connectivity index (χ1n) is 10.1. The van der Waals surface area contributed by atoms with Crippen molar-refractivity contribution in [3.05, 3.63) is 59.7 Å². The molecule has 1 saturated heterocycles. The summed E-state index contributed by atoms with van der Waals surface area (Å²) in [5.41, 5.74) is 3.22. The highest BCUT2D eigenvalue weighted by Gasteiger charge is 2.24. The van der Waals surface area contributed by atoms with E-state index in [2.05, 4.69) is 36.0 Å². The van der Waals surface area contributed by atoms with Crippen LogP contribution in [0.4, 0.5) is 0 Å². The number of benzene rings is 2. The second kappa shape index (κ2) is 9.66. The molecule has 0 aliphatic carbocycles. The Kier molecular flexibility index (Phi) is 7.42. The minimum absolute atomic E-state index is 0.329. The van der Waals surface area contributed by atoms with Crippen LogP contribution in [0.15, 0.2) is 63.2 Å². The summed E-state index contributed by atoms with van der Waals surface area (Å²) in [6, 6.07) is 13.6. The molecule has 0 saturated carbocycles. The van der Waals surface area contributed by atoms with E-state index in [1.165, 1.54) is 35.4 Å².